The zero-order chi connectivity index (χ0) is 31.3. The van der Waals surface area contributed by atoms with Crippen molar-refractivity contribution >= 4 is 47.0 Å². The Morgan fingerprint density at radius 2 is 1.43 bits per heavy atom. The molecule has 0 amide bonds. The van der Waals surface area contributed by atoms with Gasteiger partial charge in [0.25, 0.3) is 0 Å². The summed E-state index contributed by atoms with van der Waals surface area (Å²) < 4.78 is 9.26. The highest BCUT2D eigenvalue weighted by Crippen LogP contribution is 2.25. The first kappa shape index (κ1) is 36.6. The highest BCUT2D eigenvalue weighted by atomic mass is 32.1. The lowest BCUT2D eigenvalue weighted by molar-refractivity contribution is -0.141. The van der Waals surface area contributed by atoms with E-state index >= 15 is 0 Å². The molecule has 0 aliphatic carbocycles. The van der Waals surface area contributed by atoms with E-state index in [1.807, 2.05) is 36.4 Å². The predicted octanol–water partition coefficient (Wildman–Crippen LogP) is 6.93. The number of pyridine rings is 2. The highest BCUT2D eigenvalue weighted by molar-refractivity contribution is 7.16. The highest BCUT2D eigenvalue weighted by Gasteiger charge is 2.11. The minimum absolute atomic E-state index is 0. The Morgan fingerprint density at radius 1 is 0.864 bits per heavy atom. The minimum atomic E-state index is -0.664. The molecule has 15 nitrogen and oxygen atoms in total. The summed E-state index contributed by atoms with van der Waals surface area (Å²) in [5.41, 5.74) is 17.7. The van der Waals surface area contributed by atoms with Crippen molar-refractivity contribution < 1.29 is 23.9 Å². The van der Waals surface area contributed by atoms with Crippen LogP contribution in [0.3, 0.4) is 0 Å². The molecule has 0 aromatic carbocycles. The number of rotatable bonds is 10. The Labute approximate surface area is 260 Å². The lowest BCUT2D eigenvalue weighted by atomic mass is 10.3. The van der Waals surface area contributed by atoms with E-state index in [-0.39, 0.29) is 26.3 Å². The summed E-state index contributed by atoms with van der Waals surface area (Å²) in [4.78, 5) is 55.3. The number of nitrogens with zero attached hydrogens (tertiary/aromatic N) is 10. The van der Waals surface area contributed by atoms with Gasteiger partial charge in [0.15, 0.2) is 6.29 Å². The average molecular weight is 637 g/mol. The quantitative estimate of drug-likeness (QED) is 0.0439. The normalized spacial score (nSPS) is 9.64. The van der Waals surface area contributed by atoms with Gasteiger partial charge in [-0.1, -0.05) is 29.8 Å². The van der Waals surface area contributed by atoms with Gasteiger partial charge in [0.05, 0.1) is 29.5 Å². The fraction of sp³-hybridized carbons (Fsp3) is 0.222. The number of esters is 2. The van der Waals surface area contributed by atoms with Crippen LogP contribution in [0.2, 0.25) is 0 Å². The zero-order valence-electron chi connectivity index (χ0n) is 22.9. The number of aromatic nitrogens is 4. The molecule has 4 aromatic heterocycles. The minimum Gasteiger partial charge on any atom is -0.466 e. The van der Waals surface area contributed by atoms with Crippen molar-refractivity contribution in [1.29, 1.82) is 0 Å². The number of carbonyl (C=O) groups excluding carboxylic acids is 3. The number of thiazole rings is 2. The molecule has 4 heterocycles. The van der Waals surface area contributed by atoms with Crippen LogP contribution in [-0.2, 0) is 19.1 Å². The monoisotopic (exact) mass is 636 g/mol. The van der Waals surface area contributed by atoms with Crippen molar-refractivity contribution in [1.82, 2.24) is 19.9 Å². The van der Waals surface area contributed by atoms with Crippen LogP contribution >= 0.6 is 22.7 Å². The Morgan fingerprint density at radius 3 is 1.89 bits per heavy atom. The molecular formula is C27H28N10O5S2. The first-order valence-electron chi connectivity index (χ1n) is 12.3. The Kier molecular flexibility index (Phi) is 17.7. The summed E-state index contributed by atoms with van der Waals surface area (Å²) in [5, 5.41) is 7.84. The molecule has 4 rings (SSSR count). The van der Waals surface area contributed by atoms with Crippen molar-refractivity contribution in [3.05, 3.63) is 97.5 Å². The average Bonchev–Trinajstić information content (AvgIpc) is 3.72. The smallest absolute Gasteiger partial charge is 0.340 e. The predicted molar refractivity (Wildman–Crippen MR) is 167 cm³/mol. The van der Waals surface area contributed by atoms with Crippen LogP contribution in [0.4, 0.5) is 0 Å². The Balaban J connectivity index is 0.000000360. The molecule has 228 valence electrons. The van der Waals surface area contributed by atoms with Crippen LogP contribution in [0.15, 0.2) is 77.1 Å². The third-order valence-corrected chi connectivity index (χ3v) is 6.33. The number of carbonyl (C=O) groups is 3. The second-order valence-electron chi connectivity index (χ2n) is 7.32. The molecule has 0 saturated carbocycles. The number of hydrogen-bond donors (Lipinski definition) is 0. The van der Waals surface area contributed by atoms with E-state index in [9.17, 15) is 14.4 Å². The topological polar surface area (TPSA) is 219 Å². The van der Waals surface area contributed by atoms with Crippen molar-refractivity contribution in [2.75, 3.05) is 19.8 Å². The fourth-order valence-corrected chi connectivity index (χ4v) is 4.26. The molecule has 4 aromatic rings. The van der Waals surface area contributed by atoms with Gasteiger partial charge in [-0.25, -0.2) is 14.8 Å². The van der Waals surface area contributed by atoms with Gasteiger partial charge < -0.3 is 9.47 Å². The first-order chi connectivity index (χ1) is 20.9. The molecule has 44 heavy (non-hydrogen) atoms. The van der Waals surface area contributed by atoms with E-state index in [2.05, 4.69) is 44.7 Å². The van der Waals surface area contributed by atoms with Crippen LogP contribution in [0.5, 0.6) is 0 Å². The van der Waals surface area contributed by atoms with Gasteiger partial charge >= 0.3 is 11.9 Å². The maximum atomic E-state index is 11.6. The number of ether oxygens (including phenoxy) is 2. The summed E-state index contributed by atoms with van der Waals surface area (Å²) in [6.07, 6.45) is 8.77. The van der Waals surface area contributed by atoms with Crippen LogP contribution in [0.1, 0.15) is 35.8 Å². The van der Waals surface area contributed by atoms with Crippen LogP contribution in [0, 0.1) is 0 Å². The molecular weight excluding hydrogens is 608 g/mol. The van der Waals surface area contributed by atoms with E-state index in [4.69, 9.17) is 15.8 Å². The second-order valence-corrected chi connectivity index (χ2v) is 9.44. The molecule has 0 spiro atoms. The van der Waals surface area contributed by atoms with Gasteiger partial charge in [0, 0.05) is 39.5 Å². The van der Waals surface area contributed by atoms with E-state index in [0.717, 1.165) is 22.7 Å². The van der Waals surface area contributed by atoms with Crippen LogP contribution < -0.4 is 0 Å². The number of azide groups is 2. The van der Waals surface area contributed by atoms with Crippen molar-refractivity contribution in [3.8, 4) is 21.4 Å². The zero-order valence-corrected chi connectivity index (χ0v) is 24.5. The van der Waals surface area contributed by atoms with Gasteiger partial charge in [-0.3, -0.25) is 19.6 Å². The standard InChI is InChI=1S/C13H11N5O2S.C9H6N2OS.C4H7N3O2.CH4/c1-2-20-13(19)11(17-18-14)7-9-8-16-12(21-9)10-5-3-4-6-15-10;12-6-7-5-11-9(13-7)8-3-1-2-4-10-8;1-2-9-4(8)3-6-7-5;/h3-8H,2H2,1H3;1-6H;2-3H2,1H3;1H4/b11-7-;;;. The molecule has 0 N–H and O–H groups in total. The van der Waals surface area contributed by atoms with Crippen molar-refractivity contribution in [2.45, 2.75) is 21.3 Å². The largest absolute Gasteiger partial charge is 0.466 e. The summed E-state index contributed by atoms with van der Waals surface area (Å²) >= 11 is 2.68. The third kappa shape index (κ3) is 13.0. The summed E-state index contributed by atoms with van der Waals surface area (Å²) in [6, 6.07) is 11.1. The van der Waals surface area contributed by atoms with Crippen LogP contribution in [-0.4, -0.2) is 57.9 Å². The molecule has 0 saturated heterocycles. The second kappa shape index (κ2) is 21.3. The van der Waals surface area contributed by atoms with E-state index in [1.165, 1.54) is 28.7 Å². The lowest BCUT2D eigenvalue weighted by Crippen LogP contribution is -2.06. The molecule has 17 heteroatoms. The third-order valence-electron chi connectivity index (χ3n) is 4.42. The van der Waals surface area contributed by atoms with E-state index in [1.54, 1.807) is 38.6 Å². The van der Waals surface area contributed by atoms with E-state index in [0.29, 0.717) is 21.4 Å². The molecule has 0 aliphatic heterocycles. The fourth-order valence-electron chi connectivity index (χ4n) is 2.72. The van der Waals surface area contributed by atoms with E-state index < -0.39 is 11.9 Å². The summed E-state index contributed by atoms with van der Waals surface area (Å²) in [5.74, 6) is -1.15. The van der Waals surface area contributed by atoms with Gasteiger partial charge in [-0.15, -0.1) is 22.7 Å². The van der Waals surface area contributed by atoms with Gasteiger partial charge in [-0.05, 0) is 55.3 Å². The number of hydrogen-bond acceptors (Lipinski definition) is 13. The van der Waals surface area contributed by atoms with Crippen molar-refractivity contribution in [3.63, 3.8) is 0 Å². The number of aldehydes is 1. The molecule has 0 bridgehead atoms. The van der Waals surface area contributed by atoms with Crippen LogP contribution in [0.25, 0.3) is 48.4 Å². The first-order valence-corrected chi connectivity index (χ1v) is 13.9. The maximum Gasteiger partial charge on any atom is 0.340 e. The maximum absolute atomic E-state index is 11.6. The molecule has 0 radical (unpaired) electrons. The molecule has 0 fully saturated rings. The molecule has 0 atom stereocenters. The molecule has 0 unspecified atom stereocenters. The van der Waals surface area contributed by atoms with Gasteiger partial charge in [0.1, 0.15) is 22.3 Å². The Bertz CT molecular complexity index is 1600. The van der Waals surface area contributed by atoms with Gasteiger partial charge in [0.2, 0.25) is 0 Å². The van der Waals surface area contributed by atoms with Gasteiger partial charge in [-0.2, -0.15) is 0 Å². The molecule has 0 aliphatic rings. The Hall–Kier alpha value is -5.47. The summed E-state index contributed by atoms with van der Waals surface area (Å²) in [6.45, 7) is 3.68. The van der Waals surface area contributed by atoms with Crippen molar-refractivity contribution in [2.24, 2.45) is 10.2 Å². The SMILES string of the molecule is C.CCOC(=O)/C(=C/c1cnc(-c2ccccn2)s1)N=[N+]=[N-].CCOC(=O)CN=[N+]=[N-].O=Cc1cnc(-c2ccccn2)s1. The lowest BCUT2D eigenvalue weighted by Gasteiger charge is -1.99. The summed E-state index contributed by atoms with van der Waals surface area (Å²) in [7, 11) is 0.